The van der Waals surface area contributed by atoms with Gasteiger partial charge in [0.25, 0.3) is 0 Å². The fourth-order valence-electron chi connectivity index (χ4n) is 3.09. The summed E-state index contributed by atoms with van der Waals surface area (Å²) in [6.45, 7) is 16.1. The molecule has 1 unspecified atom stereocenters. The molecular weight excluding hydrogens is 404 g/mol. The molecular formula is C24H40N6O2. The third-order valence-electron chi connectivity index (χ3n) is 4.66. The molecule has 1 aliphatic rings. The Hall–Kier alpha value is -2.91. The summed E-state index contributed by atoms with van der Waals surface area (Å²) in [6, 6.07) is 8.63. The van der Waals surface area contributed by atoms with Gasteiger partial charge < -0.3 is 26.8 Å². The molecule has 1 atom stereocenters. The highest BCUT2D eigenvalue weighted by molar-refractivity contribution is 5.99. The standard InChI is InChI=1S/C16H21N3O.C8H16N2.H3NO/c1-4-14(16(17)19-18)9-8-12(2)10-13-6-5-7-15(11-13)20-3;1-3-5-10-6-4-9-8(2)7-10;1-2/h4-9,11H,1,10,18H2,2-3H3,(H2,17,19);3,8-9H,1,4-7H2,2H3;2H,1H2/b12-8+,14-9+;;. The van der Waals surface area contributed by atoms with Gasteiger partial charge in [0.05, 0.1) is 7.11 Å². The van der Waals surface area contributed by atoms with E-state index in [1.165, 1.54) is 11.1 Å². The summed E-state index contributed by atoms with van der Waals surface area (Å²) in [5.74, 6) is 9.78. The van der Waals surface area contributed by atoms with E-state index in [1.54, 1.807) is 13.2 Å². The van der Waals surface area contributed by atoms with Crippen LogP contribution in [0.1, 0.15) is 19.4 Å². The summed E-state index contributed by atoms with van der Waals surface area (Å²) < 4.78 is 5.21. The number of hydrogen-bond acceptors (Lipinski definition) is 7. The number of piperazine rings is 1. The van der Waals surface area contributed by atoms with Crippen LogP contribution in [0.5, 0.6) is 5.75 Å². The van der Waals surface area contributed by atoms with Crippen molar-refractivity contribution in [3.63, 3.8) is 0 Å². The highest BCUT2D eigenvalue weighted by atomic mass is 16.5. The predicted octanol–water partition coefficient (Wildman–Crippen LogP) is 2.33. The van der Waals surface area contributed by atoms with Crippen LogP contribution in [0.15, 0.2) is 78.0 Å². The quantitative estimate of drug-likeness (QED) is 0.104. The van der Waals surface area contributed by atoms with Crippen molar-refractivity contribution in [3.05, 3.63) is 78.4 Å². The number of rotatable bonds is 8. The van der Waals surface area contributed by atoms with Crippen molar-refractivity contribution in [2.75, 3.05) is 33.3 Å². The Balaban J connectivity index is 0.000000668. The lowest BCUT2D eigenvalue weighted by molar-refractivity contribution is 0.226. The van der Waals surface area contributed by atoms with Crippen LogP contribution in [-0.4, -0.2) is 55.3 Å². The molecule has 0 spiro atoms. The van der Waals surface area contributed by atoms with Crippen molar-refractivity contribution < 1.29 is 9.94 Å². The van der Waals surface area contributed by atoms with E-state index in [9.17, 15) is 0 Å². The number of nitrogens with one attached hydrogen (secondary N) is 1. The minimum atomic E-state index is 0.269. The molecule has 8 heteroatoms. The Labute approximate surface area is 192 Å². The second-order valence-electron chi connectivity index (χ2n) is 7.29. The molecule has 1 fully saturated rings. The van der Waals surface area contributed by atoms with E-state index in [4.69, 9.17) is 21.5 Å². The minimum Gasteiger partial charge on any atom is -0.497 e. The molecule has 8 nitrogen and oxygen atoms in total. The number of ether oxygens (including phenoxy) is 1. The second kappa shape index (κ2) is 17.7. The lowest BCUT2D eigenvalue weighted by Gasteiger charge is -2.30. The maximum atomic E-state index is 6.50. The van der Waals surface area contributed by atoms with Crippen LogP contribution in [0.2, 0.25) is 0 Å². The number of nitrogens with zero attached hydrogens (tertiary/aromatic N) is 2. The van der Waals surface area contributed by atoms with Crippen molar-refractivity contribution >= 4 is 5.84 Å². The zero-order valence-electron chi connectivity index (χ0n) is 19.6. The molecule has 0 aromatic heterocycles. The molecule has 1 heterocycles. The van der Waals surface area contributed by atoms with Crippen molar-refractivity contribution in [1.82, 2.24) is 10.2 Å². The van der Waals surface area contributed by atoms with Crippen molar-refractivity contribution in [1.29, 1.82) is 0 Å². The third-order valence-corrected chi connectivity index (χ3v) is 4.66. The van der Waals surface area contributed by atoms with Crippen molar-refractivity contribution in [2.24, 2.45) is 22.6 Å². The molecule has 0 bridgehead atoms. The van der Waals surface area contributed by atoms with E-state index in [0.29, 0.717) is 11.6 Å². The second-order valence-corrected chi connectivity index (χ2v) is 7.29. The number of amidine groups is 1. The summed E-state index contributed by atoms with van der Waals surface area (Å²) >= 11 is 0. The minimum absolute atomic E-state index is 0.269. The third kappa shape index (κ3) is 12.1. The van der Waals surface area contributed by atoms with Gasteiger partial charge >= 0.3 is 0 Å². The van der Waals surface area contributed by atoms with Crippen molar-refractivity contribution in [3.8, 4) is 5.75 Å². The molecule has 0 radical (unpaired) electrons. The lowest BCUT2D eigenvalue weighted by atomic mass is 10.1. The number of methoxy groups -OCH3 is 1. The summed E-state index contributed by atoms with van der Waals surface area (Å²) in [4.78, 5) is 2.41. The predicted molar refractivity (Wildman–Crippen MR) is 135 cm³/mol. The normalized spacial score (nSPS) is 17.3. The van der Waals surface area contributed by atoms with Crippen LogP contribution in [0.3, 0.4) is 0 Å². The molecule has 32 heavy (non-hydrogen) atoms. The molecule has 1 aliphatic heterocycles. The molecule has 1 aromatic carbocycles. The van der Waals surface area contributed by atoms with Gasteiger partial charge in [-0.2, -0.15) is 5.10 Å². The Morgan fingerprint density at radius 1 is 1.34 bits per heavy atom. The number of benzene rings is 1. The molecule has 8 N–H and O–H groups in total. The Bertz CT molecular complexity index is 774. The van der Waals surface area contributed by atoms with Crippen LogP contribution in [0.4, 0.5) is 0 Å². The first-order chi connectivity index (χ1) is 15.4. The molecule has 1 saturated heterocycles. The van der Waals surface area contributed by atoms with Crippen LogP contribution in [-0.2, 0) is 6.42 Å². The number of hydrazone groups is 1. The molecule has 178 valence electrons. The molecule has 0 aliphatic carbocycles. The maximum Gasteiger partial charge on any atom is 0.150 e. The molecule has 0 saturated carbocycles. The average Bonchev–Trinajstić information content (AvgIpc) is 2.81. The smallest absolute Gasteiger partial charge is 0.150 e. The monoisotopic (exact) mass is 444 g/mol. The fraction of sp³-hybridized carbons (Fsp3) is 0.375. The van der Waals surface area contributed by atoms with E-state index >= 15 is 0 Å². The summed E-state index contributed by atoms with van der Waals surface area (Å²) in [7, 11) is 1.66. The van der Waals surface area contributed by atoms with Crippen LogP contribution >= 0.6 is 0 Å². The van der Waals surface area contributed by atoms with Gasteiger partial charge in [-0.1, -0.05) is 48.6 Å². The van der Waals surface area contributed by atoms with E-state index < -0.39 is 0 Å². The zero-order chi connectivity index (χ0) is 24.4. The fourth-order valence-corrected chi connectivity index (χ4v) is 3.09. The highest BCUT2D eigenvalue weighted by Gasteiger charge is 2.12. The first-order valence-electron chi connectivity index (χ1n) is 10.4. The van der Waals surface area contributed by atoms with E-state index in [2.05, 4.69) is 47.4 Å². The van der Waals surface area contributed by atoms with Crippen LogP contribution in [0, 0.1) is 0 Å². The van der Waals surface area contributed by atoms with Crippen LogP contribution in [0.25, 0.3) is 0 Å². The largest absolute Gasteiger partial charge is 0.497 e. The van der Waals surface area contributed by atoms with E-state index in [1.807, 2.05) is 43.4 Å². The number of nitrogens with two attached hydrogens (primary N) is 3. The Kier molecular flexibility index (Phi) is 16.1. The maximum absolute atomic E-state index is 6.50. The highest BCUT2D eigenvalue weighted by Crippen LogP contribution is 2.15. The first kappa shape index (κ1) is 29.1. The van der Waals surface area contributed by atoms with E-state index in [-0.39, 0.29) is 5.84 Å². The van der Waals surface area contributed by atoms with Crippen molar-refractivity contribution in [2.45, 2.75) is 26.3 Å². The topological polar surface area (TPSA) is 135 Å². The summed E-state index contributed by atoms with van der Waals surface area (Å²) in [5.41, 5.74) is 8.72. The Morgan fingerprint density at radius 2 is 2.06 bits per heavy atom. The molecule has 1 aromatic rings. The van der Waals surface area contributed by atoms with Gasteiger partial charge in [0.15, 0.2) is 0 Å². The zero-order valence-corrected chi connectivity index (χ0v) is 19.6. The molecule has 2 rings (SSSR count). The van der Waals surface area contributed by atoms with Gasteiger partial charge in [-0.05, 0) is 38.0 Å². The van der Waals surface area contributed by atoms with Gasteiger partial charge in [-0.3, -0.25) is 4.90 Å². The van der Waals surface area contributed by atoms with Gasteiger partial charge in [-0.15, -0.1) is 6.58 Å². The number of allylic oxidation sites excluding steroid dienone is 3. The first-order valence-corrected chi connectivity index (χ1v) is 10.4. The van der Waals surface area contributed by atoms with Gasteiger partial charge in [0, 0.05) is 37.8 Å². The van der Waals surface area contributed by atoms with Gasteiger partial charge in [0.2, 0.25) is 0 Å². The average molecular weight is 445 g/mol. The SMILES string of the molecule is C=CC(=C\C=C(/C)Cc1cccc(OC)c1)/C(N)=N/N.C=CCN1CCNC(C)C1.NO. The van der Waals surface area contributed by atoms with Gasteiger partial charge in [-0.25, -0.2) is 5.90 Å². The lowest BCUT2D eigenvalue weighted by Crippen LogP contribution is -2.49. The summed E-state index contributed by atoms with van der Waals surface area (Å²) in [5, 5.41) is 13.3. The van der Waals surface area contributed by atoms with E-state index in [0.717, 1.165) is 38.3 Å². The summed E-state index contributed by atoms with van der Waals surface area (Å²) in [6.07, 6.45) is 8.26. The molecule has 0 amide bonds. The Morgan fingerprint density at radius 3 is 2.62 bits per heavy atom. The number of hydrogen-bond donors (Lipinski definition) is 5. The van der Waals surface area contributed by atoms with Gasteiger partial charge in [0.1, 0.15) is 11.6 Å². The van der Waals surface area contributed by atoms with Crippen LogP contribution < -0.4 is 27.5 Å².